The van der Waals surface area contributed by atoms with E-state index in [1.807, 2.05) is 0 Å². The van der Waals surface area contributed by atoms with Crippen LogP contribution < -0.4 is 10.6 Å². The SMILES string of the molecule is CCCCNC(=O)c1cc(Nc2ccc(F)c(Cl)c2)ccn1. The van der Waals surface area contributed by atoms with Gasteiger partial charge >= 0.3 is 0 Å². The lowest BCUT2D eigenvalue weighted by atomic mass is 10.2. The number of anilines is 2. The van der Waals surface area contributed by atoms with Gasteiger partial charge in [-0.1, -0.05) is 24.9 Å². The first-order valence-corrected chi connectivity index (χ1v) is 7.44. The number of nitrogens with one attached hydrogen (secondary N) is 2. The minimum absolute atomic E-state index is 0.0385. The quantitative estimate of drug-likeness (QED) is 0.786. The maximum atomic E-state index is 13.1. The summed E-state index contributed by atoms with van der Waals surface area (Å²) in [7, 11) is 0. The molecule has 2 N–H and O–H groups in total. The largest absolute Gasteiger partial charge is 0.355 e. The Labute approximate surface area is 133 Å². The van der Waals surface area contributed by atoms with Crippen LogP contribution in [0.1, 0.15) is 30.3 Å². The molecule has 0 spiro atoms. The minimum Gasteiger partial charge on any atom is -0.355 e. The summed E-state index contributed by atoms with van der Waals surface area (Å²) in [5, 5.41) is 5.91. The monoisotopic (exact) mass is 321 g/mol. The average Bonchev–Trinajstić information content (AvgIpc) is 2.51. The Morgan fingerprint density at radius 2 is 2.05 bits per heavy atom. The van der Waals surface area contributed by atoms with Crippen molar-refractivity contribution in [3.63, 3.8) is 0 Å². The van der Waals surface area contributed by atoms with Gasteiger partial charge in [-0.15, -0.1) is 0 Å². The van der Waals surface area contributed by atoms with Crippen LogP contribution in [0.25, 0.3) is 0 Å². The zero-order valence-electron chi connectivity index (χ0n) is 12.2. The number of pyridine rings is 1. The summed E-state index contributed by atoms with van der Waals surface area (Å²) in [6.45, 7) is 2.69. The van der Waals surface area contributed by atoms with E-state index in [1.54, 1.807) is 24.4 Å². The van der Waals surface area contributed by atoms with Crippen molar-refractivity contribution in [1.82, 2.24) is 10.3 Å². The first-order valence-electron chi connectivity index (χ1n) is 7.06. The maximum absolute atomic E-state index is 13.1. The summed E-state index contributed by atoms with van der Waals surface area (Å²) in [4.78, 5) is 16.0. The molecule has 0 saturated heterocycles. The van der Waals surface area contributed by atoms with Gasteiger partial charge < -0.3 is 10.6 Å². The molecule has 4 nitrogen and oxygen atoms in total. The number of rotatable bonds is 6. The number of hydrogen-bond acceptors (Lipinski definition) is 3. The fourth-order valence-corrected chi connectivity index (χ4v) is 2.02. The Hall–Kier alpha value is -2.14. The molecule has 0 atom stereocenters. The van der Waals surface area contributed by atoms with Gasteiger partial charge in [-0.05, 0) is 36.8 Å². The molecule has 22 heavy (non-hydrogen) atoms. The Kier molecular flexibility index (Phi) is 5.72. The van der Waals surface area contributed by atoms with Crippen molar-refractivity contribution >= 4 is 28.9 Å². The van der Waals surface area contributed by atoms with Gasteiger partial charge in [-0.2, -0.15) is 0 Å². The Morgan fingerprint density at radius 3 is 2.77 bits per heavy atom. The van der Waals surface area contributed by atoms with Crippen LogP contribution in [0.3, 0.4) is 0 Å². The van der Waals surface area contributed by atoms with Crippen LogP contribution in [-0.4, -0.2) is 17.4 Å². The Bertz CT molecular complexity index is 664. The maximum Gasteiger partial charge on any atom is 0.269 e. The number of amides is 1. The summed E-state index contributed by atoms with van der Waals surface area (Å²) in [6.07, 6.45) is 3.49. The highest BCUT2D eigenvalue weighted by Gasteiger charge is 2.08. The Morgan fingerprint density at radius 1 is 1.27 bits per heavy atom. The first kappa shape index (κ1) is 16.2. The van der Waals surface area contributed by atoms with Crippen molar-refractivity contribution in [1.29, 1.82) is 0 Å². The van der Waals surface area contributed by atoms with E-state index in [1.165, 1.54) is 12.1 Å². The number of unbranched alkanes of at least 4 members (excludes halogenated alkanes) is 1. The number of carbonyl (C=O) groups excluding carboxylic acids is 1. The van der Waals surface area contributed by atoms with E-state index >= 15 is 0 Å². The highest BCUT2D eigenvalue weighted by atomic mass is 35.5. The molecule has 0 saturated carbocycles. The van der Waals surface area contributed by atoms with Gasteiger partial charge in [0.15, 0.2) is 0 Å². The fourth-order valence-electron chi connectivity index (χ4n) is 1.84. The summed E-state index contributed by atoms with van der Waals surface area (Å²) >= 11 is 5.74. The smallest absolute Gasteiger partial charge is 0.269 e. The third-order valence-electron chi connectivity index (χ3n) is 3.02. The lowest BCUT2D eigenvalue weighted by Crippen LogP contribution is -2.25. The van der Waals surface area contributed by atoms with Crippen molar-refractivity contribution < 1.29 is 9.18 Å². The van der Waals surface area contributed by atoms with Gasteiger partial charge in [-0.3, -0.25) is 9.78 Å². The van der Waals surface area contributed by atoms with E-state index in [0.29, 0.717) is 23.6 Å². The average molecular weight is 322 g/mol. The van der Waals surface area contributed by atoms with Crippen LogP contribution in [0.2, 0.25) is 5.02 Å². The molecule has 116 valence electrons. The van der Waals surface area contributed by atoms with Crippen molar-refractivity contribution in [3.05, 3.63) is 53.1 Å². The van der Waals surface area contributed by atoms with E-state index in [2.05, 4.69) is 22.5 Å². The molecule has 0 aliphatic carbocycles. The van der Waals surface area contributed by atoms with Gasteiger partial charge in [0.1, 0.15) is 11.5 Å². The number of hydrogen-bond donors (Lipinski definition) is 2. The van der Waals surface area contributed by atoms with E-state index in [4.69, 9.17) is 11.6 Å². The summed E-state index contributed by atoms with van der Waals surface area (Å²) in [5.41, 5.74) is 1.64. The lowest BCUT2D eigenvalue weighted by molar-refractivity contribution is 0.0948. The normalized spacial score (nSPS) is 10.3. The molecule has 0 aliphatic heterocycles. The van der Waals surface area contributed by atoms with Gasteiger partial charge in [-0.25, -0.2) is 4.39 Å². The number of benzene rings is 1. The second-order valence-corrected chi connectivity index (χ2v) is 5.20. The molecule has 2 aromatic rings. The number of halogens is 2. The molecule has 0 radical (unpaired) electrons. The van der Waals surface area contributed by atoms with Crippen molar-refractivity contribution in [2.24, 2.45) is 0 Å². The van der Waals surface area contributed by atoms with Crippen LogP contribution in [0.15, 0.2) is 36.5 Å². The van der Waals surface area contributed by atoms with Gasteiger partial charge in [0.25, 0.3) is 5.91 Å². The fraction of sp³-hybridized carbons (Fsp3) is 0.250. The van der Waals surface area contributed by atoms with Crippen LogP contribution in [0.4, 0.5) is 15.8 Å². The van der Waals surface area contributed by atoms with Crippen molar-refractivity contribution in [2.75, 3.05) is 11.9 Å². The third-order valence-corrected chi connectivity index (χ3v) is 3.31. The minimum atomic E-state index is -0.474. The lowest BCUT2D eigenvalue weighted by Gasteiger charge is -2.09. The van der Waals surface area contributed by atoms with E-state index in [9.17, 15) is 9.18 Å². The molecule has 1 heterocycles. The molecule has 2 rings (SSSR count). The summed E-state index contributed by atoms with van der Waals surface area (Å²) in [6, 6.07) is 7.70. The zero-order chi connectivity index (χ0) is 15.9. The molecular weight excluding hydrogens is 305 g/mol. The van der Waals surface area contributed by atoms with Crippen molar-refractivity contribution in [2.45, 2.75) is 19.8 Å². The molecule has 0 fully saturated rings. The Balaban J connectivity index is 2.07. The van der Waals surface area contributed by atoms with Crippen LogP contribution >= 0.6 is 11.6 Å². The molecule has 0 unspecified atom stereocenters. The summed E-state index contributed by atoms with van der Waals surface area (Å²) in [5.74, 6) is -0.688. The van der Waals surface area contributed by atoms with Crippen LogP contribution in [-0.2, 0) is 0 Å². The predicted molar refractivity (Wildman–Crippen MR) is 86.2 cm³/mol. The molecule has 6 heteroatoms. The van der Waals surface area contributed by atoms with Crippen LogP contribution in [0.5, 0.6) is 0 Å². The second-order valence-electron chi connectivity index (χ2n) is 4.79. The topological polar surface area (TPSA) is 54.0 Å². The molecule has 1 aromatic heterocycles. The van der Waals surface area contributed by atoms with Gasteiger partial charge in [0, 0.05) is 24.1 Å². The highest BCUT2D eigenvalue weighted by molar-refractivity contribution is 6.31. The molecular formula is C16H17ClFN3O. The van der Waals surface area contributed by atoms with E-state index in [-0.39, 0.29) is 10.9 Å². The second kappa shape index (κ2) is 7.75. The predicted octanol–water partition coefficient (Wildman–Crippen LogP) is 4.15. The zero-order valence-corrected chi connectivity index (χ0v) is 13.0. The van der Waals surface area contributed by atoms with E-state index < -0.39 is 5.82 Å². The molecule has 0 bridgehead atoms. The van der Waals surface area contributed by atoms with Crippen molar-refractivity contribution in [3.8, 4) is 0 Å². The first-order chi connectivity index (χ1) is 10.6. The number of aromatic nitrogens is 1. The van der Waals surface area contributed by atoms with Crippen LogP contribution in [0, 0.1) is 5.82 Å². The standard InChI is InChI=1S/C16H17ClFN3O/c1-2-3-7-20-16(22)15-10-12(6-8-19-15)21-11-4-5-14(18)13(17)9-11/h4-6,8-10H,2-3,7H2,1H3,(H,19,21)(H,20,22). The molecule has 0 aliphatic rings. The molecule has 1 aromatic carbocycles. The van der Waals surface area contributed by atoms with Gasteiger partial charge in [0.2, 0.25) is 0 Å². The van der Waals surface area contributed by atoms with E-state index in [0.717, 1.165) is 12.8 Å². The number of nitrogens with zero attached hydrogens (tertiary/aromatic N) is 1. The highest BCUT2D eigenvalue weighted by Crippen LogP contribution is 2.22. The molecule has 1 amide bonds. The van der Waals surface area contributed by atoms with Gasteiger partial charge in [0.05, 0.1) is 5.02 Å². The number of carbonyl (C=O) groups is 1. The third kappa shape index (κ3) is 4.43. The summed E-state index contributed by atoms with van der Waals surface area (Å²) < 4.78 is 13.1.